The van der Waals surface area contributed by atoms with Gasteiger partial charge in [0.25, 0.3) is 0 Å². The van der Waals surface area contributed by atoms with Gasteiger partial charge in [-0.2, -0.15) is 0 Å². The molecule has 1 aliphatic rings. The summed E-state index contributed by atoms with van der Waals surface area (Å²) in [4.78, 5) is 7.35. The van der Waals surface area contributed by atoms with Crippen LogP contribution in [0.15, 0.2) is 5.38 Å². The Balaban J connectivity index is 1.97. The van der Waals surface area contributed by atoms with E-state index in [4.69, 9.17) is 10.7 Å². The van der Waals surface area contributed by atoms with Gasteiger partial charge in [0, 0.05) is 30.3 Å². The number of aromatic nitrogens is 1. The molecule has 2 N–H and O–H groups in total. The Kier molecular flexibility index (Phi) is 5.15. The van der Waals surface area contributed by atoms with Gasteiger partial charge in [-0.05, 0) is 39.8 Å². The number of hydrogen-bond acceptors (Lipinski definition) is 4. The van der Waals surface area contributed by atoms with E-state index in [1.165, 1.54) is 36.5 Å². The van der Waals surface area contributed by atoms with E-state index >= 15 is 0 Å². The smallest absolute Gasteiger partial charge is 0.0943 e. The molecule has 102 valence electrons. The maximum Gasteiger partial charge on any atom is 0.0943 e. The second-order valence-corrected chi connectivity index (χ2v) is 6.40. The number of nitrogens with zero attached hydrogens (tertiary/aromatic N) is 2. The van der Waals surface area contributed by atoms with Gasteiger partial charge in [0.1, 0.15) is 0 Å². The topological polar surface area (TPSA) is 42.2 Å². The van der Waals surface area contributed by atoms with Gasteiger partial charge in [-0.15, -0.1) is 11.3 Å². The Morgan fingerprint density at radius 3 is 3.06 bits per heavy atom. The van der Waals surface area contributed by atoms with Gasteiger partial charge in [-0.3, -0.25) is 4.90 Å². The van der Waals surface area contributed by atoms with Crippen molar-refractivity contribution in [3.05, 3.63) is 16.1 Å². The summed E-state index contributed by atoms with van der Waals surface area (Å²) in [5.74, 6) is 0. The average molecular weight is 267 g/mol. The molecule has 0 radical (unpaired) electrons. The van der Waals surface area contributed by atoms with Crippen LogP contribution in [0.4, 0.5) is 0 Å². The van der Waals surface area contributed by atoms with Crippen LogP contribution in [-0.2, 0) is 12.8 Å². The van der Waals surface area contributed by atoms with E-state index in [0.29, 0.717) is 18.6 Å². The van der Waals surface area contributed by atoms with Crippen molar-refractivity contribution in [1.29, 1.82) is 0 Å². The lowest BCUT2D eigenvalue weighted by Gasteiger charge is -2.38. The van der Waals surface area contributed by atoms with Crippen molar-refractivity contribution >= 4 is 11.3 Å². The molecule has 2 heterocycles. The molecule has 0 aliphatic carbocycles. The molecule has 1 aliphatic heterocycles. The largest absolute Gasteiger partial charge is 0.330 e. The Morgan fingerprint density at radius 1 is 1.50 bits per heavy atom. The first-order valence-electron chi connectivity index (χ1n) is 7.09. The third-order valence-corrected chi connectivity index (χ3v) is 4.67. The predicted octanol–water partition coefficient (Wildman–Crippen LogP) is 2.45. The van der Waals surface area contributed by atoms with Crippen molar-refractivity contribution in [3.63, 3.8) is 0 Å². The fourth-order valence-corrected chi connectivity index (χ4v) is 3.73. The highest BCUT2D eigenvalue weighted by atomic mass is 32.1. The molecule has 1 fully saturated rings. The number of likely N-dealkylation sites (tertiary alicyclic amines) is 1. The molecule has 1 atom stereocenters. The minimum absolute atomic E-state index is 0.652. The van der Waals surface area contributed by atoms with Crippen LogP contribution in [0, 0.1) is 0 Å². The Labute approximate surface area is 114 Å². The molecule has 0 aromatic carbocycles. The summed E-state index contributed by atoms with van der Waals surface area (Å²) in [5.41, 5.74) is 6.74. The minimum Gasteiger partial charge on any atom is -0.330 e. The lowest BCUT2D eigenvalue weighted by Crippen LogP contribution is -2.44. The summed E-state index contributed by atoms with van der Waals surface area (Å²) in [6.07, 6.45) is 6.08. The van der Waals surface area contributed by atoms with E-state index in [9.17, 15) is 0 Å². The highest BCUT2D eigenvalue weighted by Crippen LogP contribution is 2.24. The highest BCUT2D eigenvalue weighted by Gasteiger charge is 2.25. The molecule has 1 aromatic rings. The summed E-state index contributed by atoms with van der Waals surface area (Å²) in [6.45, 7) is 6.56. The zero-order valence-corrected chi connectivity index (χ0v) is 12.4. The van der Waals surface area contributed by atoms with E-state index < -0.39 is 0 Å². The van der Waals surface area contributed by atoms with Crippen LogP contribution in [0.2, 0.25) is 0 Å². The van der Waals surface area contributed by atoms with Crippen molar-refractivity contribution in [1.82, 2.24) is 9.88 Å². The Hall–Kier alpha value is -0.450. The summed E-state index contributed by atoms with van der Waals surface area (Å²) in [6, 6.07) is 1.34. The number of thiazole rings is 1. The molecular formula is C14H25N3S. The molecule has 0 bridgehead atoms. The SMILES string of the molecule is CC(C)N1CCCCC1Cc1nc(CCN)cs1. The second-order valence-electron chi connectivity index (χ2n) is 5.46. The molecule has 3 nitrogen and oxygen atoms in total. The fourth-order valence-electron chi connectivity index (χ4n) is 2.83. The normalized spacial score (nSPS) is 21.7. The van der Waals surface area contributed by atoms with Gasteiger partial charge >= 0.3 is 0 Å². The Morgan fingerprint density at radius 2 is 2.33 bits per heavy atom. The van der Waals surface area contributed by atoms with Gasteiger partial charge in [0.15, 0.2) is 0 Å². The zero-order valence-electron chi connectivity index (χ0n) is 11.6. The molecule has 0 amide bonds. The first kappa shape index (κ1) is 14.0. The van der Waals surface area contributed by atoms with Crippen molar-refractivity contribution in [2.45, 2.75) is 58.0 Å². The summed E-state index contributed by atoms with van der Waals surface area (Å²) in [7, 11) is 0. The highest BCUT2D eigenvalue weighted by molar-refractivity contribution is 7.09. The van der Waals surface area contributed by atoms with Gasteiger partial charge < -0.3 is 5.73 Å². The monoisotopic (exact) mass is 267 g/mol. The van der Waals surface area contributed by atoms with Crippen LogP contribution in [0.5, 0.6) is 0 Å². The fraction of sp³-hybridized carbons (Fsp3) is 0.786. The standard InChI is InChI=1S/C14H25N3S/c1-11(2)17-8-4-3-5-13(17)9-14-16-12(6-7-15)10-18-14/h10-11,13H,3-9,15H2,1-2H3. The first-order chi connectivity index (χ1) is 8.70. The first-order valence-corrected chi connectivity index (χ1v) is 7.97. The van der Waals surface area contributed by atoms with Crippen LogP contribution >= 0.6 is 11.3 Å². The maximum absolute atomic E-state index is 5.57. The predicted molar refractivity (Wildman–Crippen MR) is 78.1 cm³/mol. The van der Waals surface area contributed by atoms with Crippen LogP contribution in [-0.4, -0.2) is 35.1 Å². The minimum atomic E-state index is 0.652. The molecule has 0 saturated carbocycles. The molecular weight excluding hydrogens is 242 g/mol. The van der Waals surface area contributed by atoms with E-state index in [0.717, 1.165) is 12.8 Å². The van der Waals surface area contributed by atoms with Gasteiger partial charge in [0.2, 0.25) is 0 Å². The number of hydrogen-bond donors (Lipinski definition) is 1. The Bertz CT molecular complexity index is 362. The third kappa shape index (κ3) is 3.53. The van der Waals surface area contributed by atoms with Crippen LogP contribution in [0.1, 0.15) is 43.8 Å². The lowest BCUT2D eigenvalue weighted by atomic mass is 9.98. The summed E-state index contributed by atoms with van der Waals surface area (Å²) in [5, 5.41) is 3.46. The third-order valence-electron chi connectivity index (χ3n) is 3.75. The molecule has 18 heavy (non-hydrogen) atoms. The van der Waals surface area contributed by atoms with Gasteiger partial charge in [-0.25, -0.2) is 4.98 Å². The number of nitrogens with two attached hydrogens (primary N) is 1. The van der Waals surface area contributed by atoms with Crippen molar-refractivity contribution in [2.75, 3.05) is 13.1 Å². The van der Waals surface area contributed by atoms with Crippen LogP contribution in [0.25, 0.3) is 0 Å². The van der Waals surface area contributed by atoms with Crippen molar-refractivity contribution in [3.8, 4) is 0 Å². The average Bonchev–Trinajstić information content (AvgIpc) is 2.77. The zero-order chi connectivity index (χ0) is 13.0. The van der Waals surface area contributed by atoms with E-state index in [1.807, 2.05) is 0 Å². The lowest BCUT2D eigenvalue weighted by molar-refractivity contribution is 0.111. The molecule has 2 rings (SSSR count). The molecule has 1 unspecified atom stereocenters. The quantitative estimate of drug-likeness (QED) is 0.891. The van der Waals surface area contributed by atoms with Crippen molar-refractivity contribution < 1.29 is 0 Å². The van der Waals surface area contributed by atoms with E-state index in [-0.39, 0.29) is 0 Å². The molecule has 0 spiro atoms. The van der Waals surface area contributed by atoms with Crippen molar-refractivity contribution in [2.24, 2.45) is 5.73 Å². The second kappa shape index (κ2) is 6.64. The maximum atomic E-state index is 5.57. The molecule has 1 aromatic heterocycles. The van der Waals surface area contributed by atoms with E-state index in [1.54, 1.807) is 11.3 Å². The molecule has 4 heteroatoms. The van der Waals surface area contributed by atoms with E-state index in [2.05, 4.69) is 24.1 Å². The molecule has 1 saturated heterocycles. The van der Waals surface area contributed by atoms with Gasteiger partial charge in [-0.1, -0.05) is 6.42 Å². The number of piperidine rings is 1. The summed E-state index contributed by atoms with van der Waals surface area (Å²) < 4.78 is 0. The van der Waals surface area contributed by atoms with Crippen LogP contribution < -0.4 is 5.73 Å². The van der Waals surface area contributed by atoms with Crippen LogP contribution in [0.3, 0.4) is 0 Å². The summed E-state index contributed by atoms with van der Waals surface area (Å²) >= 11 is 1.80. The van der Waals surface area contributed by atoms with Gasteiger partial charge in [0.05, 0.1) is 10.7 Å². The number of rotatable bonds is 5.